The summed E-state index contributed by atoms with van der Waals surface area (Å²) >= 11 is 0. The molecule has 3 rings (SSSR count). The lowest BCUT2D eigenvalue weighted by atomic mass is 9.90. The molecule has 1 heteroatoms. The minimum Gasteiger partial charge on any atom is -0.392 e. The Bertz CT molecular complexity index is 280. The van der Waals surface area contributed by atoms with Crippen LogP contribution in [-0.4, -0.2) is 11.2 Å². The zero-order valence-corrected chi connectivity index (χ0v) is 6.27. The predicted octanol–water partition coefficient (Wildman–Crippen LogP) is 1.36. The van der Waals surface area contributed by atoms with Gasteiger partial charge in [-0.1, -0.05) is 24.3 Å². The van der Waals surface area contributed by atoms with Crippen LogP contribution in [0.4, 0.5) is 0 Å². The first-order chi connectivity index (χ1) is 5.68. The summed E-state index contributed by atoms with van der Waals surface area (Å²) in [4.78, 5) is 0. The van der Waals surface area contributed by atoms with Crippen molar-refractivity contribution in [2.75, 3.05) is 0 Å². The summed E-state index contributed by atoms with van der Waals surface area (Å²) in [5.41, 5.74) is 0. The van der Waals surface area contributed by atoms with E-state index in [0.29, 0.717) is 24.2 Å². The van der Waals surface area contributed by atoms with Gasteiger partial charge >= 0.3 is 0 Å². The summed E-state index contributed by atoms with van der Waals surface area (Å²) in [5, 5.41) is 9.77. The van der Waals surface area contributed by atoms with Crippen molar-refractivity contribution in [1.29, 1.82) is 0 Å². The highest BCUT2D eigenvalue weighted by Gasteiger charge is 2.47. The van der Waals surface area contributed by atoms with Crippen LogP contribution in [0.1, 0.15) is 7.79 Å². The van der Waals surface area contributed by atoms with E-state index in [2.05, 4.69) is 18.2 Å². The number of allylic oxidation sites excluding steroid dienone is 3. The maximum atomic E-state index is 9.77. The van der Waals surface area contributed by atoms with Gasteiger partial charge in [-0.15, -0.1) is 0 Å². The predicted molar refractivity (Wildman–Crippen MR) is 42.9 cm³/mol. The van der Waals surface area contributed by atoms with Crippen molar-refractivity contribution in [2.45, 2.75) is 12.5 Å². The smallest absolute Gasteiger partial charge is 0.0611 e. The molecule has 1 fully saturated rings. The third-order valence-corrected chi connectivity index (χ3v) is 3.30. The first kappa shape index (κ1) is 5.15. The van der Waals surface area contributed by atoms with E-state index in [1.54, 1.807) is 0 Å². The van der Waals surface area contributed by atoms with Crippen LogP contribution in [0.2, 0.25) is 0 Å². The van der Waals surface area contributed by atoms with Gasteiger partial charge in [-0.2, -0.15) is 0 Å². The van der Waals surface area contributed by atoms with Crippen LogP contribution in [0, 0.1) is 23.7 Å². The van der Waals surface area contributed by atoms with E-state index in [1.807, 2.05) is 6.08 Å². The largest absolute Gasteiger partial charge is 0.392 e. The van der Waals surface area contributed by atoms with Gasteiger partial charge in [0.2, 0.25) is 0 Å². The quantitative estimate of drug-likeness (QED) is 0.515. The van der Waals surface area contributed by atoms with E-state index < -0.39 is 6.08 Å². The molecule has 5 atom stereocenters. The first-order valence-electron chi connectivity index (χ1n) is 4.77. The summed E-state index contributed by atoms with van der Waals surface area (Å²) in [5.74, 6) is 1.56. The van der Waals surface area contributed by atoms with Gasteiger partial charge in [-0.05, 0) is 24.2 Å². The summed E-state index contributed by atoms with van der Waals surface area (Å²) in [6.07, 6.45) is 8.01. The standard InChI is InChI=1S/C10H12O/c11-9-5-7-2-1-6-3-4-8(9)10(6)7/h1-4,6-11H,5H2/i9D. The minimum atomic E-state index is -1.19. The zero-order valence-electron chi connectivity index (χ0n) is 7.27. The molecule has 1 saturated carbocycles. The Morgan fingerprint density at radius 3 is 3.00 bits per heavy atom. The first-order valence-corrected chi connectivity index (χ1v) is 4.27. The summed E-state index contributed by atoms with van der Waals surface area (Å²) < 4.78 is 7.74. The molecule has 3 aliphatic carbocycles. The molecular formula is C10H12O. The number of rotatable bonds is 0. The maximum Gasteiger partial charge on any atom is 0.0611 e. The van der Waals surface area contributed by atoms with Crippen molar-refractivity contribution in [1.82, 2.24) is 0 Å². The second-order valence-corrected chi connectivity index (χ2v) is 3.81. The van der Waals surface area contributed by atoms with E-state index in [0.717, 1.165) is 0 Å². The molecule has 0 radical (unpaired) electrons. The Balaban J connectivity index is 2.06. The molecule has 0 aromatic carbocycles. The fourth-order valence-corrected chi connectivity index (χ4v) is 2.80. The summed E-state index contributed by atoms with van der Waals surface area (Å²) in [7, 11) is 0. The Labute approximate surface area is 67.8 Å². The highest BCUT2D eigenvalue weighted by atomic mass is 16.3. The van der Waals surface area contributed by atoms with Gasteiger partial charge in [0, 0.05) is 5.92 Å². The molecule has 1 nitrogen and oxygen atoms in total. The molecule has 3 aliphatic rings. The third-order valence-electron chi connectivity index (χ3n) is 3.30. The minimum absolute atomic E-state index is 0.0856. The Morgan fingerprint density at radius 2 is 2.09 bits per heavy atom. The monoisotopic (exact) mass is 149 g/mol. The van der Waals surface area contributed by atoms with Crippen LogP contribution in [0.15, 0.2) is 24.3 Å². The molecule has 0 heterocycles. The molecule has 58 valence electrons. The van der Waals surface area contributed by atoms with Crippen molar-refractivity contribution in [2.24, 2.45) is 23.7 Å². The molecule has 1 N–H and O–H groups in total. The van der Waals surface area contributed by atoms with Crippen LogP contribution >= 0.6 is 0 Å². The van der Waals surface area contributed by atoms with Crippen molar-refractivity contribution in [3.63, 3.8) is 0 Å². The summed E-state index contributed by atoms with van der Waals surface area (Å²) in [6.45, 7) is 0. The highest BCUT2D eigenvalue weighted by Crippen LogP contribution is 2.51. The summed E-state index contributed by atoms with van der Waals surface area (Å²) in [6, 6.07) is 0. The van der Waals surface area contributed by atoms with Gasteiger partial charge in [-0.3, -0.25) is 0 Å². The van der Waals surface area contributed by atoms with Crippen LogP contribution in [0.25, 0.3) is 0 Å². The van der Waals surface area contributed by atoms with Crippen molar-refractivity contribution in [3.05, 3.63) is 24.3 Å². The molecule has 0 saturated heterocycles. The lowest BCUT2D eigenvalue weighted by molar-refractivity contribution is 0.142. The van der Waals surface area contributed by atoms with E-state index >= 15 is 0 Å². The molecule has 11 heavy (non-hydrogen) atoms. The Kier molecular flexibility index (Phi) is 0.833. The van der Waals surface area contributed by atoms with Gasteiger partial charge < -0.3 is 5.11 Å². The average molecular weight is 149 g/mol. The lowest BCUT2D eigenvalue weighted by Gasteiger charge is -2.14. The molecular weight excluding hydrogens is 136 g/mol. The van der Waals surface area contributed by atoms with E-state index in [1.165, 1.54) is 0 Å². The Morgan fingerprint density at radius 1 is 1.27 bits per heavy atom. The van der Waals surface area contributed by atoms with E-state index in [4.69, 9.17) is 1.37 Å². The van der Waals surface area contributed by atoms with Crippen LogP contribution < -0.4 is 0 Å². The number of hydrogen-bond acceptors (Lipinski definition) is 1. The Hall–Kier alpha value is -0.560. The topological polar surface area (TPSA) is 20.2 Å². The highest BCUT2D eigenvalue weighted by molar-refractivity contribution is 5.26. The normalized spacial score (nSPS) is 65.4. The molecule has 0 bridgehead atoms. The molecule has 0 aromatic heterocycles. The molecule has 5 unspecified atom stereocenters. The average Bonchev–Trinajstić information content (AvgIpc) is 2.53. The van der Waals surface area contributed by atoms with E-state index in [-0.39, 0.29) is 5.92 Å². The third kappa shape index (κ3) is 0.603. The van der Waals surface area contributed by atoms with Crippen molar-refractivity contribution < 1.29 is 6.48 Å². The number of hydrogen-bond donors (Lipinski definition) is 1. The second-order valence-electron chi connectivity index (χ2n) is 3.81. The SMILES string of the molecule is [2H]C1(O)CC2C=CC3C=CC1C32. The zero-order chi connectivity index (χ0) is 8.34. The van der Waals surface area contributed by atoms with Crippen LogP contribution in [0.5, 0.6) is 0 Å². The molecule has 0 aromatic rings. The second kappa shape index (κ2) is 1.78. The van der Waals surface area contributed by atoms with Gasteiger partial charge in [0.25, 0.3) is 0 Å². The molecule has 0 spiro atoms. The fourth-order valence-electron chi connectivity index (χ4n) is 2.80. The van der Waals surface area contributed by atoms with Crippen molar-refractivity contribution in [3.8, 4) is 0 Å². The van der Waals surface area contributed by atoms with Gasteiger partial charge in [-0.25, -0.2) is 0 Å². The molecule has 0 amide bonds. The van der Waals surface area contributed by atoms with Crippen LogP contribution in [-0.2, 0) is 0 Å². The van der Waals surface area contributed by atoms with Crippen LogP contribution in [0.3, 0.4) is 0 Å². The van der Waals surface area contributed by atoms with Gasteiger partial charge in [0.15, 0.2) is 0 Å². The van der Waals surface area contributed by atoms with Gasteiger partial charge in [0.05, 0.1) is 7.45 Å². The van der Waals surface area contributed by atoms with Crippen molar-refractivity contribution >= 4 is 0 Å². The van der Waals surface area contributed by atoms with E-state index in [9.17, 15) is 5.11 Å². The van der Waals surface area contributed by atoms with Gasteiger partial charge in [0.1, 0.15) is 0 Å². The lowest BCUT2D eigenvalue weighted by Crippen LogP contribution is -2.15. The molecule has 0 aliphatic heterocycles. The fraction of sp³-hybridized carbons (Fsp3) is 0.600. The maximum absolute atomic E-state index is 9.77. The number of aliphatic hydroxyl groups is 1.